The third kappa shape index (κ3) is 2.96. The number of halogens is 2. The zero-order valence-electron chi connectivity index (χ0n) is 14.7. The van der Waals surface area contributed by atoms with E-state index in [1.165, 1.54) is 24.4 Å². The molecule has 138 valence electrons. The number of carbonyl (C=O) groups is 1. The Bertz CT molecular complexity index is 1160. The highest BCUT2D eigenvalue weighted by Crippen LogP contribution is 2.33. The summed E-state index contributed by atoms with van der Waals surface area (Å²) in [6, 6.07) is 7.34. The molecule has 0 spiro atoms. The van der Waals surface area contributed by atoms with Gasteiger partial charge in [-0.15, -0.1) is 0 Å². The number of hydrogen-bond donors (Lipinski definition) is 1. The van der Waals surface area contributed by atoms with Crippen LogP contribution in [0.4, 0.5) is 10.1 Å². The summed E-state index contributed by atoms with van der Waals surface area (Å²) in [6.45, 7) is 4.07. The molecular weight excluding hydrogens is 371 g/mol. The molecule has 4 rings (SSSR count). The summed E-state index contributed by atoms with van der Waals surface area (Å²) in [5.41, 5.74) is 1.09. The van der Waals surface area contributed by atoms with Gasteiger partial charge in [-0.05, 0) is 49.7 Å². The van der Waals surface area contributed by atoms with Crippen LogP contribution in [0, 0.1) is 12.7 Å². The molecule has 0 aliphatic carbocycles. The maximum Gasteiger partial charge on any atom is 0.261 e. The Hall–Kier alpha value is -2.86. The van der Waals surface area contributed by atoms with E-state index >= 15 is 0 Å². The number of nitrogens with one attached hydrogen (secondary N) is 1. The molecule has 0 radical (unpaired) electrons. The maximum absolute atomic E-state index is 13.3. The predicted molar refractivity (Wildman–Crippen MR) is 102 cm³/mol. The fourth-order valence-electron chi connectivity index (χ4n) is 3.35. The van der Waals surface area contributed by atoms with Crippen LogP contribution in [0.5, 0.6) is 5.75 Å². The Kier molecular flexibility index (Phi) is 4.15. The fraction of sp³-hybridized carbons (Fsp3) is 0.200. The Morgan fingerprint density at radius 1 is 1.33 bits per heavy atom. The quantitative estimate of drug-likeness (QED) is 0.720. The average molecular weight is 387 g/mol. The van der Waals surface area contributed by atoms with E-state index < -0.39 is 17.2 Å². The monoisotopic (exact) mass is 386 g/mol. The topological polar surface area (TPSA) is 60.3 Å². The summed E-state index contributed by atoms with van der Waals surface area (Å²) in [6.07, 6.45) is 1.41. The van der Waals surface area contributed by atoms with Gasteiger partial charge < -0.3 is 14.6 Å². The minimum absolute atomic E-state index is 0.0284. The Labute approximate surface area is 159 Å². The van der Waals surface area contributed by atoms with E-state index in [9.17, 15) is 14.0 Å². The maximum atomic E-state index is 13.3. The minimum atomic E-state index is -0.569. The number of hydrogen-bond acceptors (Lipinski definition) is 3. The van der Waals surface area contributed by atoms with Crippen LogP contribution in [-0.2, 0) is 6.54 Å². The molecule has 1 aromatic heterocycles. The van der Waals surface area contributed by atoms with Gasteiger partial charge in [0.15, 0.2) is 0 Å². The minimum Gasteiger partial charge on any atom is -0.487 e. The number of amides is 1. The van der Waals surface area contributed by atoms with Crippen LogP contribution in [0.25, 0.3) is 10.9 Å². The largest absolute Gasteiger partial charge is 0.487 e. The first-order valence-corrected chi connectivity index (χ1v) is 8.83. The van der Waals surface area contributed by atoms with E-state index in [1.807, 2.05) is 11.5 Å². The molecule has 1 atom stereocenters. The van der Waals surface area contributed by atoms with Gasteiger partial charge in [-0.25, -0.2) is 4.39 Å². The second-order valence-electron chi connectivity index (χ2n) is 6.64. The highest BCUT2D eigenvalue weighted by atomic mass is 35.5. The van der Waals surface area contributed by atoms with Gasteiger partial charge >= 0.3 is 0 Å². The second kappa shape index (κ2) is 6.39. The van der Waals surface area contributed by atoms with E-state index in [0.717, 1.165) is 0 Å². The molecule has 2 heterocycles. The van der Waals surface area contributed by atoms with Crippen molar-refractivity contribution in [3.63, 3.8) is 0 Å². The van der Waals surface area contributed by atoms with Crippen LogP contribution in [0.3, 0.4) is 0 Å². The van der Waals surface area contributed by atoms with Crippen molar-refractivity contribution >= 4 is 34.1 Å². The Balaban J connectivity index is 1.85. The van der Waals surface area contributed by atoms with Gasteiger partial charge in [0.05, 0.1) is 22.5 Å². The highest BCUT2D eigenvalue weighted by Gasteiger charge is 2.24. The van der Waals surface area contributed by atoms with Crippen LogP contribution in [0.1, 0.15) is 22.8 Å². The first-order valence-electron chi connectivity index (χ1n) is 8.45. The van der Waals surface area contributed by atoms with Gasteiger partial charge in [0, 0.05) is 11.9 Å². The Morgan fingerprint density at radius 3 is 2.85 bits per heavy atom. The second-order valence-corrected chi connectivity index (χ2v) is 7.04. The molecule has 5 nitrogen and oxygen atoms in total. The fourth-order valence-corrected chi connectivity index (χ4v) is 3.59. The lowest BCUT2D eigenvalue weighted by Gasteiger charge is -2.26. The molecule has 0 bridgehead atoms. The SMILES string of the molecule is Cc1cc(F)ccc1NC(=O)c1cn2c3c(ccc(Cl)c3c1=O)O[C@@H](C)C2. The number of rotatable bonds is 2. The molecule has 0 saturated heterocycles. The first-order chi connectivity index (χ1) is 12.8. The number of anilines is 1. The molecule has 27 heavy (non-hydrogen) atoms. The predicted octanol–water partition coefficient (Wildman–Crippen LogP) is 4.14. The molecule has 1 aliphatic heterocycles. The van der Waals surface area contributed by atoms with E-state index in [-0.39, 0.29) is 22.1 Å². The van der Waals surface area contributed by atoms with Crippen molar-refractivity contribution in [2.45, 2.75) is 26.5 Å². The number of pyridine rings is 1. The van der Waals surface area contributed by atoms with Gasteiger partial charge in [0.2, 0.25) is 5.43 Å². The lowest BCUT2D eigenvalue weighted by molar-refractivity contribution is 0.102. The standard InChI is InChI=1S/C20H16ClFN2O3/c1-10-7-12(22)3-5-15(10)23-20(26)13-9-24-8-11(2)27-16-6-4-14(21)17(18(16)24)19(13)25/h3-7,9,11H,8H2,1-2H3,(H,23,26)/t11-/m0/s1. The third-order valence-electron chi connectivity index (χ3n) is 4.60. The van der Waals surface area contributed by atoms with Gasteiger partial charge in [0.25, 0.3) is 5.91 Å². The summed E-state index contributed by atoms with van der Waals surface area (Å²) < 4.78 is 20.9. The summed E-state index contributed by atoms with van der Waals surface area (Å²) >= 11 is 6.26. The van der Waals surface area contributed by atoms with Gasteiger partial charge in [-0.2, -0.15) is 0 Å². The number of ether oxygens (including phenoxy) is 1. The lowest BCUT2D eigenvalue weighted by Crippen LogP contribution is -2.30. The molecule has 0 saturated carbocycles. The number of nitrogens with zero attached hydrogens (tertiary/aromatic N) is 1. The summed E-state index contributed by atoms with van der Waals surface area (Å²) in [7, 11) is 0. The van der Waals surface area contributed by atoms with Crippen molar-refractivity contribution in [2.75, 3.05) is 5.32 Å². The van der Waals surface area contributed by atoms with Crippen LogP contribution in [-0.4, -0.2) is 16.6 Å². The molecule has 1 amide bonds. The van der Waals surface area contributed by atoms with Gasteiger partial charge in [-0.1, -0.05) is 11.6 Å². The third-order valence-corrected chi connectivity index (χ3v) is 4.91. The first kappa shape index (κ1) is 17.5. The number of carbonyl (C=O) groups excluding carboxylic acids is 1. The summed E-state index contributed by atoms with van der Waals surface area (Å²) in [4.78, 5) is 25.8. The van der Waals surface area contributed by atoms with Crippen molar-refractivity contribution < 1.29 is 13.9 Å². The Morgan fingerprint density at radius 2 is 2.11 bits per heavy atom. The van der Waals surface area contributed by atoms with Crippen LogP contribution >= 0.6 is 11.6 Å². The molecule has 7 heteroatoms. The van der Waals surface area contributed by atoms with Gasteiger partial charge in [0.1, 0.15) is 23.2 Å². The van der Waals surface area contributed by atoms with Crippen molar-refractivity contribution in [3.05, 3.63) is 68.7 Å². The summed E-state index contributed by atoms with van der Waals surface area (Å²) in [5, 5.41) is 3.20. The zero-order valence-corrected chi connectivity index (χ0v) is 15.4. The number of aryl methyl sites for hydroxylation is 1. The van der Waals surface area contributed by atoms with Crippen molar-refractivity contribution in [2.24, 2.45) is 0 Å². The molecule has 1 aliphatic rings. The molecule has 0 fully saturated rings. The average Bonchev–Trinajstić information content (AvgIpc) is 2.61. The highest BCUT2D eigenvalue weighted by molar-refractivity contribution is 6.35. The van der Waals surface area contributed by atoms with Crippen LogP contribution in [0.15, 0.2) is 41.3 Å². The van der Waals surface area contributed by atoms with Crippen LogP contribution < -0.4 is 15.5 Å². The lowest BCUT2D eigenvalue weighted by atomic mass is 10.1. The summed E-state index contributed by atoms with van der Waals surface area (Å²) in [5.74, 6) is -0.401. The van der Waals surface area contributed by atoms with E-state index in [1.54, 1.807) is 19.1 Å². The van der Waals surface area contributed by atoms with Crippen LogP contribution in [0.2, 0.25) is 5.02 Å². The van der Waals surface area contributed by atoms with Crippen molar-refractivity contribution in [3.8, 4) is 5.75 Å². The molecule has 3 aromatic rings. The van der Waals surface area contributed by atoms with Crippen molar-refractivity contribution in [1.29, 1.82) is 0 Å². The van der Waals surface area contributed by atoms with Crippen molar-refractivity contribution in [1.82, 2.24) is 4.57 Å². The number of benzene rings is 2. The number of aromatic nitrogens is 1. The smallest absolute Gasteiger partial charge is 0.261 e. The molecule has 2 aromatic carbocycles. The zero-order chi connectivity index (χ0) is 19.3. The van der Waals surface area contributed by atoms with E-state index in [0.29, 0.717) is 29.1 Å². The molecule has 0 unspecified atom stereocenters. The van der Waals surface area contributed by atoms with E-state index in [2.05, 4.69) is 5.32 Å². The normalized spacial score (nSPS) is 15.5. The van der Waals surface area contributed by atoms with E-state index in [4.69, 9.17) is 16.3 Å². The van der Waals surface area contributed by atoms with Gasteiger partial charge in [-0.3, -0.25) is 9.59 Å². The molecule has 1 N–H and O–H groups in total. The molecular formula is C20H16ClFN2O3.